The fourth-order valence-corrected chi connectivity index (χ4v) is 3.10. The Morgan fingerprint density at radius 1 is 1.47 bits per heavy atom. The maximum atomic E-state index is 9.61. The van der Waals surface area contributed by atoms with Gasteiger partial charge in [-0.1, -0.05) is 20.8 Å². The Morgan fingerprint density at radius 2 is 2.18 bits per heavy atom. The van der Waals surface area contributed by atoms with E-state index in [1.54, 1.807) is 0 Å². The molecule has 0 aromatic carbocycles. The van der Waals surface area contributed by atoms with Crippen LogP contribution in [-0.4, -0.2) is 48.3 Å². The molecule has 102 valence electrons. The lowest BCUT2D eigenvalue weighted by Crippen LogP contribution is -2.55. The van der Waals surface area contributed by atoms with Crippen molar-refractivity contribution in [2.75, 3.05) is 26.7 Å². The zero-order valence-electron chi connectivity index (χ0n) is 12.0. The van der Waals surface area contributed by atoms with E-state index in [2.05, 4.69) is 31.0 Å². The zero-order valence-corrected chi connectivity index (χ0v) is 12.0. The van der Waals surface area contributed by atoms with Gasteiger partial charge in [-0.25, -0.2) is 0 Å². The molecular formula is C14H30N2O. The molecule has 0 bridgehead atoms. The zero-order chi connectivity index (χ0) is 12.9. The minimum Gasteiger partial charge on any atom is -0.394 e. The Balaban J connectivity index is 2.63. The first-order valence-corrected chi connectivity index (χ1v) is 7.10. The predicted octanol–water partition coefficient (Wildman–Crippen LogP) is 1.86. The monoisotopic (exact) mass is 242 g/mol. The smallest absolute Gasteiger partial charge is 0.0613 e. The van der Waals surface area contributed by atoms with E-state index >= 15 is 0 Å². The van der Waals surface area contributed by atoms with E-state index in [1.807, 2.05) is 7.05 Å². The fourth-order valence-electron chi connectivity index (χ4n) is 3.10. The van der Waals surface area contributed by atoms with Crippen LogP contribution < -0.4 is 5.32 Å². The first kappa shape index (κ1) is 14.9. The van der Waals surface area contributed by atoms with Crippen molar-refractivity contribution in [3.05, 3.63) is 0 Å². The third kappa shape index (κ3) is 3.94. The maximum absolute atomic E-state index is 9.61. The molecule has 3 nitrogen and oxygen atoms in total. The van der Waals surface area contributed by atoms with Crippen LogP contribution in [0.3, 0.4) is 0 Å². The normalized spacial score (nSPS) is 30.2. The van der Waals surface area contributed by atoms with Gasteiger partial charge in [0, 0.05) is 18.1 Å². The lowest BCUT2D eigenvalue weighted by atomic mass is 9.79. The number of hydrogen-bond donors (Lipinski definition) is 2. The molecule has 1 saturated carbocycles. The van der Waals surface area contributed by atoms with Crippen molar-refractivity contribution >= 4 is 0 Å². The predicted molar refractivity (Wildman–Crippen MR) is 73.2 cm³/mol. The van der Waals surface area contributed by atoms with Crippen molar-refractivity contribution in [3.63, 3.8) is 0 Å². The second kappa shape index (κ2) is 6.72. The molecule has 1 fully saturated rings. The summed E-state index contributed by atoms with van der Waals surface area (Å²) in [5.74, 6) is 0.718. The first-order valence-electron chi connectivity index (χ1n) is 7.10. The summed E-state index contributed by atoms with van der Waals surface area (Å²) in [4.78, 5) is 2.59. The van der Waals surface area contributed by atoms with Crippen LogP contribution >= 0.6 is 0 Å². The van der Waals surface area contributed by atoms with Gasteiger partial charge in [-0.15, -0.1) is 0 Å². The van der Waals surface area contributed by atoms with Gasteiger partial charge in [-0.2, -0.15) is 0 Å². The summed E-state index contributed by atoms with van der Waals surface area (Å²) in [7, 11) is 1.98. The summed E-state index contributed by atoms with van der Waals surface area (Å²) in [5.41, 5.74) is -0.0344. The Bertz CT molecular complexity index is 214. The molecule has 0 radical (unpaired) electrons. The molecule has 1 aliphatic rings. The molecule has 17 heavy (non-hydrogen) atoms. The average Bonchev–Trinajstić information content (AvgIpc) is 2.35. The number of likely N-dealkylation sites (N-methyl/N-ethyl adjacent to an activating group) is 1. The molecule has 0 aliphatic heterocycles. The van der Waals surface area contributed by atoms with Gasteiger partial charge in [0.05, 0.1) is 6.61 Å². The quantitative estimate of drug-likeness (QED) is 0.746. The van der Waals surface area contributed by atoms with E-state index < -0.39 is 0 Å². The van der Waals surface area contributed by atoms with Crippen LogP contribution in [-0.2, 0) is 0 Å². The highest BCUT2D eigenvalue weighted by Crippen LogP contribution is 2.31. The third-order valence-electron chi connectivity index (χ3n) is 4.17. The molecule has 1 rings (SSSR count). The van der Waals surface area contributed by atoms with E-state index in [0.717, 1.165) is 25.3 Å². The van der Waals surface area contributed by atoms with Crippen LogP contribution in [0.1, 0.15) is 46.5 Å². The summed E-state index contributed by atoms with van der Waals surface area (Å²) in [6.45, 7) is 9.36. The second-order valence-electron chi connectivity index (χ2n) is 5.92. The van der Waals surface area contributed by atoms with E-state index in [-0.39, 0.29) is 12.1 Å². The van der Waals surface area contributed by atoms with Gasteiger partial charge in [0.25, 0.3) is 0 Å². The number of hydrogen-bond acceptors (Lipinski definition) is 3. The molecule has 0 aromatic rings. The second-order valence-corrected chi connectivity index (χ2v) is 5.92. The number of aliphatic hydroxyl groups is 1. The van der Waals surface area contributed by atoms with Crippen molar-refractivity contribution < 1.29 is 5.11 Å². The topological polar surface area (TPSA) is 35.5 Å². The van der Waals surface area contributed by atoms with E-state index in [4.69, 9.17) is 0 Å². The van der Waals surface area contributed by atoms with E-state index in [1.165, 1.54) is 19.4 Å². The van der Waals surface area contributed by atoms with Gasteiger partial charge in [0.2, 0.25) is 0 Å². The molecule has 2 unspecified atom stereocenters. The molecule has 1 aliphatic carbocycles. The van der Waals surface area contributed by atoms with Crippen molar-refractivity contribution in [1.82, 2.24) is 10.2 Å². The molecular weight excluding hydrogens is 212 g/mol. The van der Waals surface area contributed by atoms with E-state index in [0.29, 0.717) is 6.04 Å². The van der Waals surface area contributed by atoms with Crippen LogP contribution in [0.25, 0.3) is 0 Å². The number of nitrogens with zero attached hydrogens (tertiary/aromatic N) is 1. The molecule has 0 aromatic heterocycles. The molecule has 0 saturated heterocycles. The number of rotatable bonds is 6. The van der Waals surface area contributed by atoms with Gasteiger partial charge in [0.15, 0.2) is 0 Å². The lowest BCUT2D eigenvalue weighted by molar-refractivity contribution is 0.0608. The van der Waals surface area contributed by atoms with E-state index in [9.17, 15) is 5.11 Å². The molecule has 2 atom stereocenters. The van der Waals surface area contributed by atoms with Crippen LogP contribution in [0.2, 0.25) is 0 Å². The maximum Gasteiger partial charge on any atom is 0.0613 e. The van der Waals surface area contributed by atoms with Crippen molar-refractivity contribution in [2.24, 2.45) is 5.92 Å². The fraction of sp³-hybridized carbons (Fsp3) is 1.00. The van der Waals surface area contributed by atoms with Gasteiger partial charge in [-0.3, -0.25) is 0 Å². The molecule has 0 amide bonds. The third-order valence-corrected chi connectivity index (χ3v) is 4.17. The largest absolute Gasteiger partial charge is 0.394 e. The van der Waals surface area contributed by atoms with Crippen molar-refractivity contribution in [2.45, 2.75) is 58.0 Å². The van der Waals surface area contributed by atoms with Crippen LogP contribution in [0.4, 0.5) is 0 Å². The average molecular weight is 242 g/mol. The van der Waals surface area contributed by atoms with Crippen LogP contribution in [0.15, 0.2) is 0 Å². The first-order chi connectivity index (χ1) is 8.06. The van der Waals surface area contributed by atoms with Crippen molar-refractivity contribution in [3.8, 4) is 0 Å². The highest BCUT2D eigenvalue weighted by molar-refractivity contribution is 4.95. The Morgan fingerprint density at radius 3 is 2.65 bits per heavy atom. The van der Waals surface area contributed by atoms with Crippen LogP contribution in [0, 0.1) is 5.92 Å². The Hall–Kier alpha value is -0.120. The lowest BCUT2D eigenvalue weighted by Gasteiger charge is -2.44. The van der Waals surface area contributed by atoms with Crippen LogP contribution in [0.5, 0.6) is 0 Å². The van der Waals surface area contributed by atoms with Gasteiger partial charge in [-0.05, 0) is 45.2 Å². The summed E-state index contributed by atoms with van der Waals surface area (Å²) in [6.07, 6.45) is 4.70. The number of aliphatic hydroxyl groups excluding tert-OH is 1. The van der Waals surface area contributed by atoms with Crippen molar-refractivity contribution in [1.29, 1.82) is 0 Å². The van der Waals surface area contributed by atoms with Gasteiger partial charge < -0.3 is 15.3 Å². The molecule has 2 N–H and O–H groups in total. The highest BCUT2D eigenvalue weighted by Gasteiger charge is 2.36. The minimum absolute atomic E-state index is 0.0344. The summed E-state index contributed by atoms with van der Waals surface area (Å²) >= 11 is 0. The van der Waals surface area contributed by atoms with Gasteiger partial charge in [0.1, 0.15) is 0 Å². The number of nitrogens with one attached hydrogen (secondary N) is 1. The standard InChI is InChI=1S/C14H30N2O/c1-5-16(10-12(2)3)13-7-6-8-14(9-13,11-17)15-4/h12-13,15,17H,5-11H2,1-4H3. The Kier molecular flexibility index (Phi) is 5.90. The Labute approximate surface area is 107 Å². The highest BCUT2D eigenvalue weighted by atomic mass is 16.3. The summed E-state index contributed by atoms with van der Waals surface area (Å²) in [6, 6.07) is 0.635. The van der Waals surface area contributed by atoms with Gasteiger partial charge >= 0.3 is 0 Å². The SMILES string of the molecule is CCN(CC(C)C)C1CCCC(CO)(NC)C1. The summed E-state index contributed by atoms with van der Waals surface area (Å²) in [5, 5.41) is 13.0. The molecule has 0 spiro atoms. The molecule has 0 heterocycles. The molecule has 3 heteroatoms. The minimum atomic E-state index is -0.0344. The summed E-state index contributed by atoms with van der Waals surface area (Å²) < 4.78 is 0.